The summed E-state index contributed by atoms with van der Waals surface area (Å²) >= 11 is 1.52. The van der Waals surface area contributed by atoms with E-state index in [0.717, 1.165) is 52.1 Å². The molecule has 1 saturated heterocycles. The summed E-state index contributed by atoms with van der Waals surface area (Å²) in [5, 5.41) is 14.0. The van der Waals surface area contributed by atoms with Crippen molar-refractivity contribution in [2.75, 3.05) is 12.3 Å². The molecule has 7 heteroatoms. The van der Waals surface area contributed by atoms with Gasteiger partial charge >= 0.3 is 0 Å². The summed E-state index contributed by atoms with van der Waals surface area (Å²) in [5.41, 5.74) is 8.84. The number of hydrogen-bond acceptors (Lipinski definition) is 6. The fourth-order valence-corrected chi connectivity index (χ4v) is 3.54. The summed E-state index contributed by atoms with van der Waals surface area (Å²) < 4.78 is 7.49. The highest BCUT2D eigenvalue weighted by Gasteiger charge is 2.25. The number of aromatic nitrogens is 4. The van der Waals surface area contributed by atoms with Crippen molar-refractivity contribution in [3.63, 3.8) is 0 Å². The summed E-state index contributed by atoms with van der Waals surface area (Å²) in [7, 11) is 0. The number of benzene rings is 1. The fraction of sp³-hybridized carbons (Fsp3) is 0.357. The molecule has 6 nitrogen and oxygen atoms in total. The molecule has 1 aliphatic rings. The maximum absolute atomic E-state index is 5.98. The Hall–Kier alpha value is -1.99. The summed E-state index contributed by atoms with van der Waals surface area (Å²) in [5.74, 6) is 0.798. The van der Waals surface area contributed by atoms with Crippen LogP contribution in [0, 0.1) is 6.92 Å². The molecule has 3 heterocycles. The van der Waals surface area contributed by atoms with Crippen molar-refractivity contribution in [1.82, 2.24) is 19.8 Å². The first-order chi connectivity index (χ1) is 10.2. The highest BCUT2D eigenvalue weighted by atomic mass is 32.1. The lowest BCUT2D eigenvalue weighted by molar-refractivity contribution is 0.103. The zero-order chi connectivity index (χ0) is 14.4. The monoisotopic (exact) mass is 301 g/mol. The number of anilines is 1. The van der Waals surface area contributed by atoms with Gasteiger partial charge in [0.1, 0.15) is 11.1 Å². The minimum absolute atomic E-state index is 0.0110. The Kier molecular flexibility index (Phi) is 2.90. The number of nitrogens with zero attached hydrogens (tertiary/aromatic N) is 4. The Morgan fingerprint density at radius 1 is 1.38 bits per heavy atom. The lowest BCUT2D eigenvalue weighted by Gasteiger charge is -2.05. The van der Waals surface area contributed by atoms with Crippen LogP contribution in [0.5, 0.6) is 0 Å². The lowest BCUT2D eigenvalue weighted by atomic mass is 10.1. The van der Waals surface area contributed by atoms with Crippen molar-refractivity contribution in [3.8, 4) is 10.6 Å². The third-order valence-corrected chi connectivity index (χ3v) is 4.77. The molecule has 1 atom stereocenters. The first-order valence-corrected chi connectivity index (χ1v) is 7.75. The minimum atomic E-state index is 0.0110. The van der Waals surface area contributed by atoms with E-state index in [2.05, 4.69) is 15.3 Å². The zero-order valence-electron chi connectivity index (χ0n) is 11.6. The van der Waals surface area contributed by atoms with E-state index in [1.165, 1.54) is 11.3 Å². The molecule has 21 heavy (non-hydrogen) atoms. The highest BCUT2D eigenvalue weighted by molar-refractivity contribution is 7.19. The van der Waals surface area contributed by atoms with Crippen molar-refractivity contribution in [1.29, 1.82) is 0 Å². The van der Waals surface area contributed by atoms with E-state index in [9.17, 15) is 0 Å². The van der Waals surface area contributed by atoms with Crippen LogP contribution < -0.4 is 5.73 Å². The molecule has 1 aliphatic heterocycles. The van der Waals surface area contributed by atoms with Gasteiger partial charge in [-0.05, 0) is 31.4 Å². The van der Waals surface area contributed by atoms with E-state index in [4.69, 9.17) is 10.5 Å². The molecular weight excluding hydrogens is 286 g/mol. The van der Waals surface area contributed by atoms with Gasteiger partial charge in [-0.2, -0.15) is 9.61 Å². The van der Waals surface area contributed by atoms with Crippen LogP contribution in [0.2, 0.25) is 0 Å². The SMILES string of the molecule is Cc1c(N)cccc1-c1nn2c(C3CCCO3)nnc2s1. The van der Waals surface area contributed by atoms with Crippen LogP contribution in [0.1, 0.15) is 30.3 Å². The molecule has 4 rings (SSSR count). The molecule has 1 unspecified atom stereocenters. The molecule has 0 amide bonds. The standard InChI is InChI=1S/C14H15N5OS/c1-8-9(4-2-5-10(8)15)13-18-19-12(11-6-3-7-20-11)16-17-14(19)21-13/h2,4-5,11H,3,6-7,15H2,1H3. The van der Waals surface area contributed by atoms with Crippen LogP contribution in [-0.2, 0) is 4.74 Å². The second-order valence-electron chi connectivity index (χ2n) is 5.18. The molecule has 0 saturated carbocycles. The Labute approximate surface area is 125 Å². The van der Waals surface area contributed by atoms with Crippen LogP contribution in [-0.4, -0.2) is 26.4 Å². The molecule has 3 aromatic rings. The molecule has 2 N–H and O–H groups in total. The van der Waals surface area contributed by atoms with Crippen LogP contribution >= 0.6 is 11.3 Å². The van der Waals surface area contributed by atoms with Crippen molar-refractivity contribution in [2.45, 2.75) is 25.9 Å². The largest absolute Gasteiger partial charge is 0.398 e. The third kappa shape index (κ3) is 2.00. The molecule has 1 aromatic carbocycles. The van der Waals surface area contributed by atoms with Gasteiger partial charge in [0, 0.05) is 17.9 Å². The molecule has 0 radical (unpaired) electrons. The maximum Gasteiger partial charge on any atom is 0.235 e. The predicted octanol–water partition coefficient (Wildman–Crippen LogP) is 2.59. The van der Waals surface area contributed by atoms with Gasteiger partial charge in [-0.15, -0.1) is 10.2 Å². The van der Waals surface area contributed by atoms with E-state index in [-0.39, 0.29) is 6.10 Å². The molecule has 0 bridgehead atoms. The topological polar surface area (TPSA) is 78.3 Å². The zero-order valence-corrected chi connectivity index (χ0v) is 12.4. The van der Waals surface area contributed by atoms with Crippen LogP contribution in [0.3, 0.4) is 0 Å². The van der Waals surface area contributed by atoms with Gasteiger partial charge < -0.3 is 10.5 Å². The predicted molar refractivity (Wildman–Crippen MR) is 81.2 cm³/mol. The van der Waals surface area contributed by atoms with Gasteiger partial charge in [-0.3, -0.25) is 0 Å². The molecule has 2 aromatic heterocycles. The Bertz CT molecular complexity index is 803. The first kappa shape index (κ1) is 12.7. The quantitative estimate of drug-likeness (QED) is 0.736. The van der Waals surface area contributed by atoms with Crippen molar-refractivity contribution < 1.29 is 4.74 Å². The van der Waals surface area contributed by atoms with E-state index < -0.39 is 0 Å². The fourth-order valence-electron chi connectivity index (χ4n) is 2.61. The van der Waals surface area contributed by atoms with Gasteiger partial charge in [-0.25, -0.2) is 0 Å². The first-order valence-electron chi connectivity index (χ1n) is 6.93. The third-order valence-electron chi connectivity index (χ3n) is 3.84. The number of nitrogen functional groups attached to an aromatic ring is 1. The van der Waals surface area contributed by atoms with E-state index >= 15 is 0 Å². The summed E-state index contributed by atoms with van der Waals surface area (Å²) in [6, 6.07) is 5.88. The summed E-state index contributed by atoms with van der Waals surface area (Å²) in [6.45, 7) is 2.79. The average Bonchev–Trinajstić information content (AvgIpc) is 3.16. The lowest BCUT2D eigenvalue weighted by Crippen LogP contribution is -2.03. The minimum Gasteiger partial charge on any atom is -0.398 e. The average molecular weight is 301 g/mol. The van der Waals surface area contributed by atoms with Crippen molar-refractivity contribution >= 4 is 22.0 Å². The van der Waals surface area contributed by atoms with Gasteiger partial charge in [0.15, 0.2) is 5.82 Å². The second-order valence-corrected chi connectivity index (χ2v) is 6.14. The summed E-state index contributed by atoms with van der Waals surface area (Å²) in [4.78, 5) is 0.789. The Balaban J connectivity index is 1.82. The number of fused-ring (bicyclic) bond motifs is 1. The van der Waals surface area contributed by atoms with Crippen LogP contribution in [0.15, 0.2) is 18.2 Å². The number of nitrogens with two attached hydrogens (primary N) is 1. The highest BCUT2D eigenvalue weighted by Crippen LogP contribution is 2.33. The number of ether oxygens (including phenoxy) is 1. The van der Waals surface area contributed by atoms with E-state index in [1.54, 1.807) is 4.52 Å². The van der Waals surface area contributed by atoms with E-state index in [0.29, 0.717) is 0 Å². The van der Waals surface area contributed by atoms with Gasteiger partial charge in [0.25, 0.3) is 0 Å². The maximum atomic E-state index is 5.98. The van der Waals surface area contributed by atoms with Crippen LogP contribution in [0.4, 0.5) is 5.69 Å². The second kappa shape index (κ2) is 4.78. The van der Waals surface area contributed by atoms with Gasteiger partial charge in [0.2, 0.25) is 4.96 Å². The molecule has 1 fully saturated rings. The van der Waals surface area contributed by atoms with Gasteiger partial charge in [0.05, 0.1) is 0 Å². The Morgan fingerprint density at radius 2 is 2.29 bits per heavy atom. The normalized spacial score (nSPS) is 18.6. The smallest absolute Gasteiger partial charge is 0.235 e. The Morgan fingerprint density at radius 3 is 3.10 bits per heavy atom. The summed E-state index contributed by atoms with van der Waals surface area (Å²) in [6.07, 6.45) is 2.05. The van der Waals surface area contributed by atoms with Crippen molar-refractivity contribution in [2.24, 2.45) is 0 Å². The van der Waals surface area contributed by atoms with Crippen molar-refractivity contribution in [3.05, 3.63) is 29.6 Å². The van der Waals surface area contributed by atoms with Gasteiger partial charge in [-0.1, -0.05) is 23.5 Å². The molecule has 108 valence electrons. The van der Waals surface area contributed by atoms with E-state index in [1.807, 2.05) is 25.1 Å². The number of hydrogen-bond donors (Lipinski definition) is 1. The molecule has 0 spiro atoms. The number of rotatable bonds is 2. The van der Waals surface area contributed by atoms with Crippen LogP contribution in [0.25, 0.3) is 15.5 Å². The molecule has 0 aliphatic carbocycles. The molecular formula is C14H15N5OS.